The van der Waals surface area contributed by atoms with Crippen LogP contribution in [0.4, 0.5) is 0 Å². The number of benzene rings is 2. The van der Waals surface area contributed by atoms with E-state index in [1.807, 2.05) is 36.4 Å². The molecular weight excluding hydrogens is 238 g/mol. The highest BCUT2D eigenvalue weighted by Crippen LogP contribution is 2.18. The average Bonchev–Trinajstić information content (AvgIpc) is 2.88. The van der Waals surface area contributed by atoms with E-state index in [2.05, 4.69) is 16.0 Å². The Morgan fingerprint density at radius 1 is 1.11 bits per heavy atom. The molecule has 1 heterocycles. The van der Waals surface area contributed by atoms with Crippen molar-refractivity contribution < 1.29 is 4.74 Å². The molecule has 4 heteroatoms. The smallest absolute Gasteiger partial charge is 0.146 e. The Kier molecular flexibility index (Phi) is 2.87. The van der Waals surface area contributed by atoms with Crippen molar-refractivity contribution in [3.05, 3.63) is 59.9 Å². The highest BCUT2D eigenvalue weighted by Gasteiger charge is 2.05. The zero-order valence-electron chi connectivity index (χ0n) is 10.1. The van der Waals surface area contributed by atoms with E-state index < -0.39 is 0 Å². The molecule has 0 amide bonds. The Morgan fingerprint density at radius 2 is 1.89 bits per heavy atom. The van der Waals surface area contributed by atoms with Crippen molar-refractivity contribution in [3.63, 3.8) is 0 Å². The lowest BCUT2D eigenvalue weighted by atomic mass is 10.2. The summed E-state index contributed by atoms with van der Waals surface area (Å²) in [6, 6.07) is 17.1. The summed E-state index contributed by atoms with van der Waals surface area (Å²) in [5.74, 6) is 1.32. The lowest BCUT2D eigenvalue weighted by Crippen LogP contribution is -1.98. The van der Waals surface area contributed by atoms with E-state index in [0.717, 1.165) is 16.9 Å². The van der Waals surface area contributed by atoms with Gasteiger partial charge >= 0.3 is 0 Å². The van der Waals surface area contributed by atoms with Crippen molar-refractivity contribution in [1.29, 1.82) is 5.26 Å². The van der Waals surface area contributed by atoms with Gasteiger partial charge in [-0.2, -0.15) is 5.26 Å². The molecule has 3 aromatic rings. The SMILES string of the molecule is N#Cc1ccccc1OCc1nc2ccccc2[nH]1. The molecule has 0 radical (unpaired) electrons. The summed E-state index contributed by atoms with van der Waals surface area (Å²) in [5.41, 5.74) is 2.42. The number of imidazole rings is 1. The van der Waals surface area contributed by atoms with Gasteiger partial charge in [0.2, 0.25) is 0 Å². The maximum atomic E-state index is 8.98. The second-order valence-electron chi connectivity index (χ2n) is 4.10. The third-order valence-corrected chi connectivity index (χ3v) is 2.81. The number of aromatic amines is 1. The predicted molar refractivity (Wildman–Crippen MR) is 71.6 cm³/mol. The van der Waals surface area contributed by atoms with Gasteiger partial charge in [0.05, 0.1) is 16.6 Å². The number of ether oxygens (including phenoxy) is 1. The summed E-state index contributed by atoms with van der Waals surface area (Å²) < 4.78 is 5.63. The summed E-state index contributed by atoms with van der Waals surface area (Å²) in [4.78, 5) is 7.60. The molecule has 0 bridgehead atoms. The van der Waals surface area contributed by atoms with E-state index in [4.69, 9.17) is 10.00 Å². The number of hydrogen-bond donors (Lipinski definition) is 1. The Morgan fingerprint density at radius 3 is 2.74 bits per heavy atom. The van der Waals surface area contributed by atoms with Crippen molar-refractivity contribution in [1.82, 2.24) is 9.97 Å². The van der Waals surface area contributed by atoms with Crippen LogP contribution in [0.2, 0.25) is 0 Å². The maximum absolute atomic E-state index is 8.98. The predicted octanol–water partition coefficient (Wildman–Crippen LogP) is 3.01. The molecule has 92 valence electrons. The molecule has 0 aliphatic carbocycles. The van der Waals surface area contributed by atoms with E-state index in [0.29, 0.717) is 17.9 Å². The number of nitriles is 1. The van der Waals surface area contributed by atoms with Crippen molar-refractivity contribution in [2.45, 2.75) is 6.61 Å². The minimum atomic E-state index is 0.313. The molecule has 4 nitrogen and oxygen atoms in total. The standard InChI is InChI=1S/C15H11N3O/c16-9-11-5-1-4-8-14(11)19-10-15-17-12-6-2-3-7-13(12)18-15/h1-8H,10H2,(H,17,18). The van der Waals surface area contributed by atoms with Crippen LogP contribution in [0.1, 0.15) is 11.4 Å². The van der Waals surface area contributed by atoms with Crippen molar-refractivity contribution in [2.24, 2.45) is 0 Å². The van der Waals surface area contributed by atoms with Crippen molar-refractivity contribution >= 4 is 11.0 Å². The summed E-state index contributed by atoms with van der Waals surface area (Å²) in [6.07, 6.45) is 0. The fraction of sp³-hybridized carbons (Fsp3) is 0.0667. The Bertz CT molecular complexity index is 722. The third kappa shape index (κ3) is 2.26. The van der Waals surface area contributed by atoms with E-state index in [-0.39, 0.29) is 0 Å². The first-order valence-electron chi connectivity index (χ1n) is 5.92. The fourth-order valence-electron chi connectivity index (χ4n) is 1.90. The Balaban J connectivity index is 1.81. The van der Waals surface area contributed by atoms with Crippen LogP contribution in [0.3, 0.4) is 0 Å². The van der Waals surface area contributed by atoms with Gasteiger partial charge in [0.15, 0.2) is 0 Å². The summed E-state index contributed by atoms with van der Waals surface area (Å²) in [5, 5.41) is 8.98. The molecule has 0 saturated heterocycles. The second-order valence-corrected chi connectivity index (χ2v) is 4.10. The number of rotatable bonds is 3. The summed E-state index contributed by atoms with van der Waals surface area (Å²) in [7, 11) is 0. The third-order valence-electron chi connectivity index (χ3n) is 2.81. The lowest BCUT2D eigenvalue weighted by Gasteiger charge is -2.05. The number of para-hydroxylation sites is 3. The number of H-pyrrole nitrogens is 1. The van der Waals surface area contributed by atoms with E-state index in [1.165, 1.54) is 0 Å². The number of aromatic nitrogens is 2. The molecule has 0 spiro atoms. The van der Waals surface area contributed by atoms with Gasteiger partial charge in [-0.25, -0.2) is 4.98 Å². The largest absolute Gasteiger partial charge is 0.484 e. The van der Waals surface area contributed by atoms with Crippen LogP contribution in [0, 0.1) is 11.3 Å². The normalized spacial score (nSPS) is 10.3. The van der Waals surface area contributed by atoms with Crippen LogP contribution in [-0.4, -0.2) is 9.97 Å². The van der Waals surface area contributed by atoms with Crippen LogP contribution in [0.15, 0.2) is 48.5 Å². The van der Waals surface area contributed by atoms with Gasteiger partial charge in [0, 0.05) is 0 Å². The highest BCUT2D eigenvalue weighted by molar-refractivity contribution is 5.74. The number of fused-ring (bicyclic) bond motifs is 1. The molecule has 1 aromatic heterocycles. The first-order chi connectivity index (χ1) is 9.36. The minimum Gasteiger partial charge on any atom is -0.484 e. The van der Waals surface area contributed by atoms with E-state index >= 15 is 0 Å². The van der Waals surface area contributed by atoms with Gasteiger partial charge in [0.25, 0.3) is 0 Å². The number of nitrogens with zero attached hydrogens (tertiary/aromatic N) is 2. The van der Waals surface area contributed by atoms with Crippen LogP contribution in [0.25, 0.3) is 11.0 Å². The molecule has 19 heavy (non-hydrogen) atoms. The molecule has 0 atom stereocenters. The zero-order valence-corrected chi connectivity index (χ0v) is 10.1. The molecule has 0 aliphatic rings. The number of nitrogens with one attached hydrogen (secondary N) is 1. The van der Waals surface area contributed by atoms with Crippen molar-refractivity contribution in [2.75, 3.05) is 0 Å². The van der Waals surface area contributed by atoms with Gasteiger partial charge in [-0.15, -0.1) is 0 Å². The van der Waals surface area contributed by atoms with E-state index in [9.17, 15) is 0 Å². The van der Waals surface area contributed by atoms with Gasteiger partial charge < -0.3 is 9.72 Å². The lowest BCUT2D eigenvalue weighted by molar-refractivity contribution is 0.296. The van der Waals surface area contributed by atoms with Crippen LogP contribution in [0.5, 0.6) is 5.75 Å². The fourth-order valence-corrected chi connectivity index (χ4v) is 1.90. The summed E-state index contributed by atoms with van der Waals surface area (Å²) in [6.45, 7) is 0.313. The monoisotopic (exact) mass is 249 g/mol. The topological polar surface area (TPSA) is 61.7 Å². The van der Waals surface area contributed by atoms with Gasteiger partial charge in [0.1, 0.15) is 24.3 Å². The minimum absolute atomic E-state index is 0.313. The molecule has 1 N–H and O–H groups in total. The molecule has 0 aliphatic heterocycles. The Hall–Kier alpha value is -2.80. The number of hydrogen-bond acceptors (Lipinski definition) is 3. The maximum Gasteiger partial charge on any atom is 0.146 e. The first-order valence-corrected chi connectivity index (χ1v) is 5.92. The van der Waals surface area contributed by atoms with Crippen LogP contribution in [-0.2, 0) is 6.61 Å². The molecule has 3 rings (SSSR count). The molecule has 0 saturated carbocycles. The zero-order chi connectivity index (χ0) is 13.1. The Labute approximate surface area is 110 Å². The molecule has 0 unspecified atom stereocenters. The highest BCUT2D eigenvalue weighted by atomic mass is 16.5. The van der Waals surface area contributed by atoms with Gasteiger partial charge in [-0.3, -0.25) is 0 Å². The second kappa shape index (κ2) is 4.83. The summed E-state index contributed by atoms with van der Waals surface area (Å²) >= 11 is 0. The molecular formula is C15H11N3O. The van der Waals surface area contributed by atoms with Crippen LogP contribution >= 0.6 is 0 Å². The quantitative estimate of drug-likeness (QED) is 0.776. The van der Waals surface area contributed by atoms with Crippen LogP contribution < -0.4 is 4.74 Å². The first kappa shape index (κ1) is 11.3. The molecule has 2 aromatic carbocycles. The van der Waals surface area contributed by atoms with Gasteiger partial charge in [-0.1, -0.05) is 24.3 Å². The van der Waals surface area contributed by atoms with Crippen molar-refractivity contribution in [3.8, 4) is 11.8 Å². The van der Waals surface area contributed by atoms with E-state index in [1.54, 1.807) is 12.1 Å². The molecule has 0 fully saturated rings. The van der Waals surface area contributed by atoms with Gasteiger partial charge in [-0.05, 0) is 24.3 Å². The average molecular weight is 249 g/mol.